The van der Waals surface area contributed by atoms with Crippen molar-refractivity contribution in [3.05, 3.63) is 52.4 Å². The number of halogens is 3. The molecule has 154 valence electrons. The summed E-state index contributed by atoms with van der Waals surface area (Å²) in [5, 5.41) is 2.30. The molecule has 0 fully saturated rings. The van der Waals surface area contributed by atoms with Crippen molar-refractivity contribution >= 4 is 28.3 Å². The minimum Gasteiger partial charge on any atom is -0.365 e. The molecule has 0 aliphatic heterocycles. The van der Waals surface area contributed by atoms with Crippen molar-refractivity contribution in [1.29, 1.82) is 0 Å². The molecule has 1 amide bonds. The van der Waals surface area contributed by atoms with E-state index in [1.807, 2.05) is 6.92 Å². The number of pyridine rings is 1. The van der Waals surface area contributed by atoms with Crippen LogP contribution in [0.1, 0.15) is 34.2 Å². The van der Waals surface area contributed by atoms with E-state index < -0.39 is 17.8 Å². The molecule has 4 aromatic rings. The quantitative estimate of drug-likeness (QED) is 0.527. The van der Waals surface area contributed by atoms with Crippen molar-refractivity contribution in [3.8, 4) is 16.6 Å². The van der Waals surface area contributed by atoms with Gasteiger partial charge in [0, 0.05) is 17.8 Å². The Hall–Kier alpha value is -3.34. The van der Waals surface area contributed by atoms with E-state index in [4.69, 9.17) is 5.73 Å². The smallest absolute Gasteiger partial charge is 0.365 e. The SMILES string of the molecule is CCc1cn(-c2nc(-c3nccs3)nc(C)c2C(N)=O)c2ccc(C(F)(F)F)nc12. The highest BCUT2D eigenvalue weighted by Crippen LogP contribution is 2.32. The summed E-state index contributed by atoms with van der Waals surface area (Å²) in [4.78, 5) is 29.0. The highest BCUT2D eigenvalue weighted by molar-refractivity contribution is 7.13. The van der Waals surface area contributed by atoms with Crippen LogP contribution in [0.3, 0.4) is 0 Å². The summed E-state index contributed by atoms with van der Waals surface area (Å²) in [7, 11) is 0. The van der Waals surface area contributed by atoms with Gasteiger partial charge in [-0.2, -0.15) is 13.2 Å². The topological polar surface area (TPSA) is 99.6 Å². The van der Waals surface area contributed by atoms with E-state index in [9.17, 15) is 18.0 Å². The molecule has 0 atom stereocenters. The van der Waals surface area contributed by atoms with Gasteiger partial charge in [-0.1, -0.05) is 6.92 Å². The van der Waals surface area contributed by atoms with Crippen molar-refractivity contribution in [3.63, 3.8) is 0 Å². The van der Waals surface area contributed by atoms with Gasteiger partial charge in [-0.05, 0) is 31.0 Å². The largest absolute Gasteiger partial charge is 0.433 e. The molecule has 0 spiro atoms. The molecule has 0 aliphatic rings. The first-order chi connectivity index (χ1) is 14.2. The standard InChI is InChI=1S/C19H15F3N6OS/c1-3-10-8-28(11-4-5-12(19(20,21)22)26-14(10)11)17-13(15(23)29)9(2)25-16(27-17)18-24-6-7-30-18/h4-8H,3H2,1-2H3,(H2,23,29). The molecule has 7 nitrogen and oxygen atoms in total. The molecule has 4 rings (SSSR count). The normalized spacial score (nSPS) is 11.9. The maximum Gasteiger partial charge on any atom is 0.433 e. The van der Waals surface area contributed by atoms with Gasteiger partial charge in [-0.25, -0.2) is 19.9 Å². The van der Waals surface area contributed by atoms with E-state index in [1.165, 1.54) is 22.0 Å². The predicted molar refractivity (Wildman–Crippen MR) is 105 cm³/mol. The van der Waals surface area contributed by atoms with Crippen molar-refractivity contribution in [2.75, 3.05) is 0 Å². The Morgan fingerprint density at radius 3 is 2.60 bits per heavy atom. The van der Waals surface area contributed by atoms with Crippen molar-refractivity contribution in [1.82, 2.24) is 24.5 Å². The number of thiazole rings is 1. The molecule has 30 heavy (non-hydrogen) atoms. The summed E-state index contributed by atoms with van der Waals surface area (Å²) in [5.74, 6) is -0.276. The third kappa shape index (κ3) is 3.30. The van der Waals surface area contributed by atoms with E-state index in [-0.39, 0.29) is 16.9 Å². The van der Waals surface area contributed by atoms with Gasteiger partial charge < -0.3 is 5.73 Å². The van der Waals surface area contributed by atoms with Gasteiger partial charge in [-0.3, -0.25) is 9.36 Å². The van der Waals surface area contributed by atoms with E-state index in [0.717, 1.165) is 6.07 Å². The fourth-order valence-corrected chi connectivity index (χ4v) is 3.78. The molecule has 4 heterocycles. The lowest BCUT2D eigenvalue weighted by atomic mass is 10.2. The molecular weight excluding hydrogens is 417 g/mol. The van der Waals surface area contributed by atoms with Crippen LogP contribution in [-0.4, -0.2) is 30.4 Å². The average molecular weight is 432 g/mol. The van der Waals surface area contributed by atoms with Crippen LogP contribution in [0.4, 0.5) is 13.2 Å². The Bertz CT molecular complexity index is 1260. The Kier molecular flexibility index (Phi) is 4.77. The number of aromatic nitrogens is 5. The number of rotatable bonds is 4. The van der Waals surface area contributed by atoms with Gasteiger partial charge in [0.15, 0.2) is 16.6 Å². The van der Waals surface area contributed by atoms with Gasteiger partial charge in [0.2, 0.25) is 0 Å². The minimum absolute atomic E-state index is 0.0785. The van der Waals surface area contributed by atoms with Crippen LogP contribution in [-0.2, 0) is 12.6 Å². The monoisotopic (exact) mass is 432 g/mol. The lowest BCUT2D eigenvalue weighted by Gasteiger charge is -2.12. The van der Waals surface area contributed by atoms with Gasteiger partial charge in [-0.15, -0.1) is 11.3 Å². The molecule has 0 aromatic carbocycles. The van der Waals surface area contributed by atoms with Crippen LogP contribution in [0.5, 0.6) is 0 Å². The number of amides is 1. The number of carbonyl (C=O) groups excluding carboxylic acids is 1. The number of aryl methyl sites for hydroxylation is 2. The van der Waals surface area contributed by atoms with E-state index >= 15 is 0 Å². The van der Waals surface area contributed by atoms with Gasteiger partial charge in [0.05, 0.1) is 16.7 Å². The maximum atomic E-state index is 13.2. The Morgan fingerprint density at radius 2 is 2.00 bits per heavy atom. The van der Waals surface area contributed by atoms with Crippen molar-refractivity contribution < 1.29 is 18.0 Å². The number of alkyl halides is 3. The summed E-state index contributed by atoms with van der Waals surface area (Å²) in [6.07, 6.45) is -0.906. The zero-order valence-corrected chi connectivity index (χ0v) is 16.7. The molecular formula is C19H15F3N6OS. The Morgan fingerprint density at radius 1 is 1.23 bits per heavy atom. The molecule has 0 radical (unpaired) electrons. The zero-order valence-electron chi connectivity index (χ0n) is 15.9. The van der Waals surface area contributed by atoms with Crippen LogP contribution in [0.25, 0.3) is 27.7 Å². The number of hydrogen-bond acceptors (Lipinski definition) is 6. The average Bonchev–Trinajstić information content (AvgIpc) is 3.34. The zero-order chi connectivity index (χ0) is 21.6. The second-order valence-electron chi connectivity index (χ2n) is 6.47. The summed E-state index contributed by atoms with van der Waals surface area (Å²) in [6.45, 7) is 3.43. The number of fused-ring (bicyclic) bond motifs is 1. The Labute approximate surface area is 172 Å². The van der Waals surface area contributed by atoms with Gasteiger partial charge in [0.25, 0.3) is 5.91 Å². The lowest BCUT2D eigenvalue weighted by Crippen LogP contribution is -2.19. The molecule has 0 saturated heterocycles. The number of primary amides is 1. The highest BCUT2D eigenvalue weighted by Gasteiger charge is 2.33. The lowest BCUT2D eigenvalue weighted by molar-refractivity contribution is -0.140. The van der Waals surface area contributed by atoms with Crippen LogP contribution in [0.2, 0.25) is 0 Å². The van der Waals surface area contributed by atoms with E-state index in [1.54, 1.807) is 24.7 Å². The van der Waals surface area contributed by atoms with E-state index in [0.29, 0.717) is 34.0 Å². The fraction of sp³-hybridized carbons (Fsp3) is 0.211. The fourth-order valence-electron chi connectivity index (χ4n) is 3.21. The Balaban J connectivity index is 2.03. The summed E-state index contributed by atoms with van der Waals surface area (Å²) >= 11 is 1.32. The molecule has 2 N–H and O–H groups in total. The second kappa shape index (κ2) is 7.17. The summed E-state index contributed by atoms with van der Waals surface area (Å²) < 4.78 is 41.0. The first kappa shape index (κ1) is 20.0. The molecule has 0 unspecified atom stereocenters. The van der Waals surface area contributed by atoms with Crippen LogP contribution in [0.15, 0.2) is 29.9 Å². The van der Waals surface area contributed by atoms with Gasteiger partial charge >= 0.3 is 6.18 Å². The number of nitrogens with two attached hydrogens (primary N) is 1. The summed E-state index contributed by atoms with van der Waals surface area (Å²) in [5.41, 5.74) is 6.17. The van der Waals surface area contributed by atoms with Crippen molar-refractivity contribution in [2.45, 2.75) is 26.4 Å². The third-order valence-corrected chi connectivity index (χ3v) is 5.33. The maximum absolute atomic E-state index is 13.2. The van der Waals surface area contributed by atoms with Gasteiger partial charge in [0.1, 0.15) is 11.3 Å². The number of carbonyl (C=O) groups is 1. The molecule has 4 aromatic heterocycles. The van der Waals surface area contributed by atoms with Crippen molar-refractivity contribution in [2.24, 2.45) is 5.73 Å². The summed E-state index contributed by atoms with van der Waals surface area (Å²) in [6, 6.07) is 2.22. The van der Waals surface area contributed by atoms with Crippen LogP contribution < -0.4 is 5.73 Å². The highest BCUT2D eigenvalue weighted by atomic mass is 32.1. The first-order valence-corrected chi connectivity index (χ1v) is 9.75. The minimum atomic E-state index is -4.57. The molecule has 0 saturated carbocycles. The van der Waals surface area contributed by atoms with Crippen LogP contribution in [0, 0.1) is 6.92 Å². The van der Waals surface area contributed by atoms with E-state index in [2.05, 4.69) is 19.9 Å². The third-order valence-electron chi connectivity index (χ3n) is 4.56. The predicted octanol–water partition coefficient (Wildman–Crippen LogP) is 3.93. The molecule has 11 heteroatoms. The first-order valence-electron chi connectivity index (χ1n) is 8.87. The van der Waals surface area contributed by atoms with Crippen LogP contribution >= 0.6 is 11.3 Å². The molecule has 0 aliphatic carbocycles. The molecule has 0 bridgehead atoms. The number of nitrogens with zero attached hydrogens (tertiary/aromatic N) is 5. The second-order valence-corrected chi connectivity index (χ2v) is 7.37. The number of hydrogen-bond donors (Lipinski definition) is 1.